The Morgan fingerprint density at radius 2 is 1.77 bits per heavy atom. The van der Waals surface area contributed by atoms with Gasteiger partial charge in [-0.15, -0.1) is 0 Å². The minimum atomic E-state index is -3.80. The van der Waals surface area contributed by atoms with Gasteiger partial charge >= 0.3 is 29.6 Å². The standard InChI is InChI=1S/C8H18O3S.Na.H/c1-3-5-7-8(6-4-2)12(9,10)11;;/h8H,3-7H2,1-2H3,(H,9,10,11);;/q;+1;-1. The Hall–Kier alpha value is 0.910. The van der Waals surface area contributed by atoms with Crippen molar-refractivity contribution >= 4 is 10.1 Å². The topological polar surface area (TPSA) is 54.4 Å². The molecule has 0 saturated heterocycles. The smallest absolute Gasteiger partial charge is 1.00 e. The fourth-order valence-corrected chi connectivity index (χ4v) is 2.19. The summed E-state index contributed by atoms with van der Waals surface area (Å²) in [5.41, 5.74) is 0. The third-order valence-electron chi connectivity index (χ3n) is 1.91. The van der Waals surface area contributed by atoms with E-state index in [1.165, 1.54) is 0 Å². The zero-order chi connectivity index (χ0) is 9.61. The van der Waals surface area contributed by atoms with E-state index in [1.54, 1.807) is 0 Å². The van der Waals surface area contributed by atoms with Crippen molar-refractivity contribution in [3.05, 3.63) is 0 Å². The molecule has 0 aromatic heterocycles. The van der Waals surface area contributed by atoms with Gasteiger partial charge in [-0.2, -0.15) is 8.42 Å². The van der Waals surface area contributed by atoms with Crippen LogP contribution in [0.2, 0.25) is 0 Å². The van der Waals surface area contributed by atoms with Crippen LogP contribution in [0.15, 0.2) is 0 Å². The molecule has 0 aromatic carbocycles. The van der Waals surface area contributed by atoms with Crippen LogP contribution in [-0.4, -0.2) is 18.2 Å². The summed E-state index contributed by atoms with van der Waals surface area (Å²) in [5.74, 6) is 0. The predicted molar refractivity (Wildman–Crippen MR) is 50.9 cm³/mol. The van der Waals surface area contributed by atoms with E-state index in [-0.39, 0.29) is 31.0 Å². The molecule has 0 saturated carbocycles. The first-order chi connectivity index (χ1) is 5.52. The molecular weight excluding hydrogens is 199 g/mol. The van der Waals surface area contributed by atoms with E-state index in [2.05, 4.69) is 0 Å². The molecule has 0 bridgehead atoms. The monoisotopic (exact) mass is 218 g/mol. The molecule has 0 aromatic rings. The van der Waals surface area contributed by atoms with E-state index in [0.29, 0.717) is 12.8 Å². The molecule has 1 atom stereocenters. The van der Waals surface area contributed by atoms with E-state index in [9.17, 15) is 8.42 Å². The second-order valence-electron chi connectivity index (χ2n) is 3.07. The van der Waals surface area contributed by atoms with Gasteiger partial charge < -0.3 is 1.43 Å². The Morgan fingerprint density at radius 1 is 1.23 bits per heavy atom. The molecule has 0 fully saturated rings. The molecule has 1 N–H and O–H groups in total. The Labute approximate surface area is 105 Å². The maximum atomic E-state index is 10.8. The van der Waals surface area contributed by atoms with Crippen LogP contribution in [0.5, 0.6) is 0 Å². The molecule has 5 heteroatoms. The molecule has 0 rings (SSSR count). The summed E-state index contributed by atoms with van der Waals surface area (Å²) in [6.45, 7) is 3.93. The number of rotatable bonds is 6. The molecule has 76 valence electrons. The van der Waals surface area contributed by atoms with Crippen LogP contribution in [0.1, 0.15) is 47.4 Å². The zero-order valence-corrected chi connectivity index (χ0v) is 11.6. The average molecular weight is 218 g/mol. The normalized spacial score (nSPS) is 13.5. The SMILES string of the molecule is CCCCC(CCC)S(=O)(=O)O.[H-].[Na+]. The van der Waals surface area contributed by atoms with Gasteiger partial charge in [-0.25, -0.2) is 0 Å². The van der Waals surface area contributed by atoms with Gasteiger partial charge in [0.15, 0.2) is 0 Å². The second kappa shape index (κ2) is 8.24. The van der Waals surface area contributed by atoms with Crippen molar-refractivity contribution in [2.75, 3.05) is 0 Å². The van der Waals surface area contributed by atoms with Crippen molar-refractivity contribution in [2.24, 2.45) is 0 Å². The molecule has 3 nitrogen and oxygen atoms in total. The minimum Gasteiger partial charge on any atom is -1.00 e. The molecule has 13 heavy (non-hydrogen) atoms. The fourth-order valence-electron chi connectivity index (χ4n) is 1.20. The predicted octanol–water partition coefficient (Wildman–Crippen LogP) is -0.650. The van der Waals surface area contributed by atoms with Crippen LogP contribution in [0.3, 0.4) is 0 Å². The van der Waals surface area contributed by atoms with Gasteiger partial charge in [0.2, 0.25) is 0 Å². The maximum Gasteiger partial charge on any atom is 1.00 e. The Morgan fingerprint density at radius 3 is 2.08 bits per heavy atom. The van der Waals surface area contributed by atoms with Crippen molar-refractivity contribution in [1.29, 1.82) is 0 Å². The average Bonchev–Trinajstić information content (AvgIpc) is 1.95. The summed E-state index contributed by atoms with van der Waals surface area (Å²) in [7, 11) is -3.80. The molecule has 0 aliphatic heterocycles. The molecule has 0 aliphatic carbocycles. The van der Waals surface area contributed by atoms with Crippen molar-refractivity contribution in [3.8, 4) is 0 Å². The van der Waals surface area contributed by atoms with Gasteiger partial charge in [-0.05, 0) is 12.8 Å². The van der Waals surface area contributed by atoms with Gasteiger partial charge in [0.25, 0.3) is 10.1 Å². The van der Waals surface area contributed by atoms with Gasteiger partial charge in [0, 0.05) is 0 Å². The quantitative estimate of drug-likeness (QED) is 0.476. The van der Waals surface area contributed by atoms with Crippen LogP contribution in [0, 0.1) is 0 Å². The summed E-state index contributed by atoms with van der Waals surface area (Å²) in [6.07, 6.45) is 3.79. The molecular formula is C8H19NaO3S. The summed E-state index contributed by atoms with van der Waals surface area (Å²) in [4.78, 5) is 0. The van der Waals surface area contributed by atoms with Crippen LogP contribution in [-0.2, 0) is 10.1 Å². The molecule has 0 aliphatic rings. The van der Waals surface area contributed by atoms with E-state index in [4.69, 9.17) is 4.55 Å². The van der Waals surface area contributed by atoms with E-state index < -0.39 is 15.4 Å². The Bertz CT molecular complexity index is 207. The molecule has 0 heterocycles. The van der Waals surface area contributed by atoms with E-state index in [1.807, 2.05) is 13.8 Å². The summed E-state index contributed by atoms with van der Waals surface area (Å²) >= 11 is 0. The minimum absolute atomic E-state index is 0. The summed E-state index contributed by atoms with van der Waals surface area (Å²) in [6, 6.07) is 0. The number of hydrogen-bond donors (Lipinski definition) is 1. The van der Waals surface area contributed by atoms with Gasteiger partial charge in [0.1, 0.15) is 0 Å². The number of unbranched alkanes of at least 4 members (excludes halogenated alkanes) is 1. The second-order valence-corrected chi connectivity index (χ2v) is 4.76. The fraction of sp³-hybridized carbons (Fsp3) is 1.00. The van der Waals surface area contributed by atoms with Crippen molar-refractivity contribution in [3.63, 3.8) is 0 Å². The van der Waals surface area contributed by atoms with E-state index >= 15 is 0 Å². The molecule has 0 spiro atoms. The summed E-state index contributed by atoms with van der Waals surface area (Å²) < 4.78 is 30.4. The zero-order valence-electron chi connectivity index (χ0n) is 9.78. The number of hydrogen-bond acceptors (Lipinski definition) is 2. The van der Waals surface area contributed by atoms with Gasteiger partial charge in [0.05, 0.1) is 5.25 Å². The maximum absolute atomic E-state index is 10.8. The van der Waals surface area contributed by atoms with Crippen LogP contribution in [0.4, 0.5) is 0 Å². The molecule has 0 radical (unpaired) electrons. The summed E-state index contributed by atoms with van der Waals surface area (Å²) in [5, 5.41) is -0.539. The first-order valence-corrected chi connectivity index (χ1v) is 5.99. The molecule has 0 amide bonds. The van der Waals surface area contributed by atoms with Crippen LogP contribution < -0.4 is 29.6 Å². The van der Waals surface area contributed by atoms with E-state index in [0.717, 1.165) is 19.3 Å². The Kier molecular flexibility index (Phi) is 10.4. The van der Waals surface area contributed by atoms with Crippen LogP contribution >= 0.6 is 0 Å². The van der Waals surface area contributed by atoms with Crippen molar-refractivity contribution < 1.29 is 44.0 Å². The third-order valence-corrected chi connectivity index (χ3v) is 3.23. The Balaban J connectivity index is -0.000000605. The largest absolute Gasteiger partial charge is 1.00 e. The van der Waals surface area contributed by atoms with Crippen molar-refractivity contribution in [2.45, 2.75) is 51.2 Å². The first kappa shape index (κ1) is 16.3. The van der Waals surface area contributed by atoms with Crippen LogP contribution in [0.25, 0.3) is 0 Å². The van der Waals surface area contributed by atoms with Crippen molar-refractivity contribution in [1.82, 2.24) is 0 Å². The third kappa shape index (κ3) is 7.94. The van der Waals surface area contributed by atoms with Gasteiger partial charge in [-0.3, -0.25) is 4.55 Å². The van der Waals surface area contributed by atoms with Gasteiger partial charge in [-0.1, -0.05) is 33.1 Å². The molecule has 1 unspecified atom stereocenters. The first-order valence-electron chi connectivity index (χ1n) is 4.48.